The first-order valence-corrected chi connectivity index (χ1v) is 11.7. The van der Waals surface area contributed by atoms with Gasteiger partial charge in [0.2, 0.25) is 10.0 Å². The zero-order valence-electron chi connectivity index (χ0n) is 18.2. The van der Waals surface area contributed by atoms with E-state index in [0.29, 0.717) is 24.3 Å². The van der Waals surface area contributed by atoms with E-state index < -0.39 is 27.8 Å². The number of ether oxygens (including phenoxy) is 1. The molecular weight excluding hydrogens is 435 g/mol. The number of rotatable bonds is 12. The largest absolute Gasteiger partial charge is 0.493 e. The highest BCUT2D eigenvalue weighted by Crippen LogP contribution is 2.26. The fourth-order valence-electron chi connectivity index (χ4n) is 3.11. The molecule has 1 unspecified atom stereocenters. The van der Waals surface area contributed by atoms with E-state index in [-0.39, 0.29) is 23.8 Å². The molecule has 0 heterocycles. The molecule has 2 aromatic carbocycles. The maximum absolute atomic E-state index is 13.6. The van der Waals surface area contributed by atoms with E-state index in [1.54, 1.807) is 11.6 Å². The van der Waals surface area contributed by atoms with E-state index in [4.69, 9.17) is 4.74 Å². The summed E-state index contributed by atoms with van der Waals surface area (Å²) in [6.07, 6.45) is 2.54. The van der Waals surface area contributed by atoms with Crippen molar-refractivity contribution >= 4 is 15.9 Å². The number of hydroxylamine groups is 1. The van der Waals surface area contributed by atoms with Crippen LogP contribution in [0.3, 0.4) is 0 Å². The molecule has 0 aliphatic rings. The summed E-state index contributed by atoms with van der Waals surface area (Å²) in [6, 6.07) is 10.1. The van der Waals surface area contributed by atoms with Gasteiger partial charge in [-0.15, -0.1) is 6.58 Å². The normalized spacial score (nSPS) is 12.6. The van der Waals surface area contributed by atoms with Gasteiger partial charge < -0.3 is 4.74 Å². The smallest absolute Gasteiger partial charge is 0.261 e. The number of hydrogen-bond acceptors (Lipinski definition) is 5. The van der Waals surface area contributed by atoms with E-state index in [2.05, 4.69) is 6.58 Å². The standard InChI is InChI=1S/C23H29FN2O5S/c1-4-5-14-31-20-10-12-21(13-11-20)32(29,30)26(16-18-6-8-19(24)9-7-18)22(15-17(2)3)23(27)25-28/h4,6-13,17,22,28H,1,5,14-16H2,2-3H3,(H,25,27). The minimum atomic E-state index is -4.16. The summed E-state index contributed by atoms with van der Waals surface area (Å²) in [5.74, 6) is -0.831. The summed E-state index contributed by atoms with van der Waals surface area (Å²) in [7, 11) is -4.16. The number of benzene rings is 2. The first kappa shape index (κ1) is 25.5. The van der Waals surface area contributed by atoms with Gasteiger partial charge in [-0.1, -0.05) is 32.1 Å². The lowest BCUT2D eigenvalue weighted by atomic mass is 10.0. The molecule has 0 saturated carbocycles. The van der Waals surface area contributed by atoms with E-state index >= 15 is 0 Å². The number of nitrogens with zero attached hydrogens (tertiary/aromatic N) is 1. The van der Waals surface area contributed by atoms with Gasteiger partial charge in [0.1, 0.15) is 17.6 Å². The maximum atomic E-state index is 13.6. The van der Waals surface area contributed by atoms with Gasteiger partial charge in [-0.05, 0) is 60.7 Å². The second-order valence-corrected chi connectivity index (χ2v) is 9.59. The quantitative estimate of drug-likeness (QED) is 0.215. The topological polar surface area (TPSA) is 95.9 Å². The van der Waals surface area contributed by atoms with Crippen molar-refractivity contribution in [3.8, 4) is 5.75 Å². The van der Waals surface area contributed by atoms with E-state index in [1.807, 2.05) is 13.8 Å². The van der Waals surface area contributed by atoms with Crippen molar-refractivity contribution in [2.45, 2.75) is 44.2 Å². The molecule has 0 aliphatic heterocycles. The van der Waals surface area contributed by atoms with Gasteiger partial charge in [-0.2, -0.15) is 4.31 Å². The first-order valence-electron chi connectivity index (χ1n) is 10.2. The zero-order valence-corrected chi connectivity index (χ0v) is 19.0. The Hall–Kier alpha value is -2.75. The highest BCUT2D eigenvalue weighted by Gasteiger charge is 2.36. The molecule has 1 amide bonds. The Morgan fingerprint density at radius 1 is 1.19 bits per heavy atom. The zero-order chi connectivity index (χ0) is 23.7. The summed E-state index contributed by atoms with van der Waals surface area (Å²) in [5.41, 5.74) is 2.07. The molecule has 7 nitrogen and oxygen atoms in total. The number of sulfonamides is 1. The number of carbonyl (C=O) groups is 1. The fourth-order valence-corrected chi connectivity index (χ4v) is 4.70. The molecule has 0 fully saturated rings. The Morgan fingerprint density at radius 2 is 1.81 bits per heavy atom. The Labute approximate surface area is 188 Å². The molecule has 0 aromatic heterocycles. The molecule has 0 saturated heterocycles. The lowest BCUT2D eigenvalue weighted by Gasteiger charge is -2.30. The van der Waals surface area contributed by atoms with Gasteiger partial charge in [0.25, 0.3) is 5.91 Å². The van der Waals surface area contributed by atoms with Crippen molar-refractivity contribution in [1.29, 1.82) is 0 Å². The molecule has 2 N–H and O–H groups in total. The lowest BCUT2D eigenvalue weighted by Crippen LogP contribution is -2.49. The van der Waals surface area contributed by atoms with Crippen LogP contribution in [0.2, 0.25) is 0 Å². The van der Waals surface area contributed by atoms with Crippen molar-refractivity contribution < 1.29 is 27.5 Å². The van der Waals surface area contributed by atoms with E-state index in [9.17, 15) is 22.8 Å². The van der Waals surface area contributed by atoms with Gasteiger partial charge in [0.05, 0.1) is 11.5 Å². The highest BCUT2D eigenvalue weighted by atomic mass is 32.2. The van der Waals surface area contributed by atoms with Crippen LogP contribution in [-0.2, 0) is 21.4 Å². The van der Waals surface area contributed by atoms with Crippen LogP contribution in [0.4, 0.5) is 4.39 Å². The number of carbonyl (C=O) groups excluding carboxylic acids is 1. The monoisotopic (exact) mass is 464 g/mol. The van der Waals surface area contributed by atoms with Gasteiger partial charge >= 0.3 is 0 Å². The third-order valence-electron chi connectivity index (χ3n) is 4.73. The average molecular weight is 465 g/mol. The maximum Gasteiger partial charge on any atom is 0.261 e. The van der Waals surface area contributed by atoms with Crippen molar-refractivity contribution in [2.75, 3.05) is 6.61 Å². The highest BCUT2D eigenvalue weighted by molar-refractivity contribution is 7.89. The van der Waals surface area contributed by atoms with Gasteiger partial charge in [-0.3, -0.25) is 10.0 Å². The van der Waals surface area contributed by atoms with Crippen LogP contribution < -0.4 is 10.2 Å². The van der Waals surface area contributed by atoms with Crippen LogP contribution in [0.1, 0.15) is 32.3 Å². The average Bonchev–Trinajstić information content (AvgIpc) is 2.77. The Balaban J connectivity index is 2.44. The number of nitrogens with one attached hydrogen (secondary N) is 1. The van der Waals surface area contributed by atoms with Crippen molar-refractivity contribution in [2.24, 2.45) is 5.92 Å². The molecule has 2 rings (SSSR count). The van der Waals surface area contributed by atoms with E-state index in [0.717, 1.165) is 4.31 Å². The summed E-state index contributed by atoms with van der Waals surface area (Å²) in [6.45, 7) is 7.55. The van der Waals surface area contributed by atoms with Gasteiger partial charge in [0, 0.05) is 6.54 Å². The molecule has 0 aliphatic carbocycles. The van der Waals surface area contributed by atoms with Crippen molar-refractivity contribution in [3.05, 3.63) is 72.6 Å². The molecule has 32 heavy (non-hydrogen) atoms. The predicted octanol–water partition coefficient (Wildman–Crippen LogP) is 3.89. The summed E-state index contributed by atoms with van der Waals surface area (Å²) < 4.78 is 47.0. The number of hydrogen-bond donors (Lipinski definition) is 2. The van der Waals surface area contributed by atoms with Crippen LogP contribution in [-0.4, -0.2) is 36.5 Å². The van der Waals surface area contributed by atoms with Gasteiger partial charge in [-0.25, -0.2) is 18.3 Å². The minimum absolute atomic E-state index is 0.0322. The summed E-state index contributed by atoms with van der Waals surface area (Å²) in [5, 5.41) is 9.25. The Morgan fingerprint density at radius 3 is 2.34 bits per heavy atom. The first-order chi connectivity index (χ1) is 15.2. The third kappa shape index (κ3) is 6.88. The fraction of sp³-hybridized carbons (Fsp3) is 0.348. The minimum Gasteiger partial charge on any atom is -0.493 e. The van der Waals surface area contributed by atoms with Crippen LogP contribution in [0.25, 0.3) is 0 Å². The van der Waals surface area contributed by atoms with Crippen LogP contribution in [0.15, 0.2) is 66.1 Å². The van der Waals surface area contributed by atoms with Crippen LogP contribution in [0.5, 0.6) is 5.75 Å². The second-order valence-electron chi connectivity index (χ2n) is 7.70. The second kappa shape index (κ2) is 11.8. The molecular formula is C23H29FN2O5S. The van der Waals surface area contributed by atoms with Gasteiger partial charge in [0.15, 0.2) is 0 Å². The number of amides is 1. The molecule has 1 atom stereocenters. The number of halogens is 1. The summed E-state index contributed by atoms with van der Waals surface area (Å²) in [4.78, 5) is 12.4. The molecule has 9 heteroatoms. The third-order valence-corrected chi connectivity index (χ3v) is 6.60. The lowest BCUT2D eigenvalue weighted by molar-refractivity contribution is -0.133. The molecule has 0 spiro atoms. The SMILES string of the molecule is C=CCCOc1ccc(S(=O)(=O)N(Cc2ccc(F)cc2)C(CC(C)C)C(=O)NO)cc1. The molecule has 0 radical (unpaired) electrons. The Bertz CT molecular complexity index is 992. The van der Waals surface area contributed by atoms with Crippen molar-refractivity contribution in [1.82, 2.24) is 9.79 Å². The molecule has 2 aromatic rings. The predicted molar refractivity (Wildman–Crippen MR) is 119 cm³/mol. The van der Waals surface area contributed by atoms with Crippen molar-refractivity contribution in [3.63, 3.8) is 0 Å². The van der Waals surface area contributed by atoms with E-state index in [1.165, 1.54) is 48.5 Å². The Kier molecular flexibility index (Phi) is 9.37. The summed E-state index contributed by atoms with van der Waals surface area (Å²) >= 11 is 0. The van der Waals surface area contributed by atoms with Crippen LogP contribution in [0, 0.1) is 11.7 Å². The molecule has 174 valence electrons. The molecule has 0 bridgehead atoms. The van der Waals surface area contributed by atoms with Crippen LogP contribution >= 0.6 is 0 Å².